The van der Waals surface area contributed by atoms with E-state index >= 15 is 0 Å². The molecule has 0 saturated heterocycles. The number of hydrogen-bond acceptors (Lipinski definition) is 0. The smallest absolute Gasteiger partial charge is 0.0178 e. The second kappa shape index (κ2) is 11.6. The van der Waals surface area contributed by atoms with E-state index < -0.39 is 0 Å². The van der Waals surface area contributed by atoms with Crippen molar-refractivity contribution in [2.75, 3.05) is 0 Å². The van der Waals surface area contributed by atoms with E-state index in [0.29, 0.717) is 0 Å². The maximum atomic E-state index is 2.24. The van der Waals surface area contributed by atoms with E-state index in [1.807, 2.05) is 0 Å². The monoisotopic (exact) mass is 534 g/mol. The molecule has 0 nitrogen and oxygen atoms in total. The third-order valence-electron chi connectivity index (χ3n) is 7.84. The minimum Gasteiger partial charge on any atom is -0.0616 e. The van der Waals surface area contributed by atoms with Gasteiger partial charge in [-0.1, -0.05) is 146 Å². The lowest BCUT2D eigenvalue weighted by Crippen LogP contribution is -1.74. The van der Waals surface area contributed by atoms with E-state index in [9.17, 15) is 0 Å². The first-order valence-corrected chi connectivity index (χ1v) is 14.4. The Kier molecular flexibility index (Phi) is 7.02. The van der Waals surface area contributed by atoms with Crippen molar-refractivity contribution in [3.63, 3.8) is 0 Å². The van der Waals surface area contributed by atoms with Gasteiger partial charge in [0, 0.05) is 0 Å². The molecule has 0 atom stereocenters. The summed E-state index contributed by atoms with van der Waals surface area (Å²) < 4.78 is 0. The van der Waals surface area contributed by atoms with Crippen molar-refractivity contribution in [3.05, 3.63) is 182 Å². The molecule has 9 aromatic rings. The molecule has 9 rings (SSSR count). The third kappa shape index (κ3) is 5.44. The van der Waals surface area contributed by atoms with Crippen LogP contribution in [0, 0.1) is 0 Å². The topological polar surface area (TPSA) is 0 Å². The lowest BCUT2D eigenvalue weighted by atomic mass is 10.0. The van der Waals surface area contributed by atoms with Crippen LogP contribution in [0.15, 0.2) is 182 Å². The van der Waals surface area contributed by atoms with Crippen molar-refractivity contribution in [1.82, 2.24) is 0 Å². The Balaban J connectivity index is 0.000000103. The first-order chi connectivity index (χ1) is 20.8. The van der Waals surface area contributed by atoms with Crippen molar-refractivity contribution >= 4 is 64.6 Å². The molecule has 0 aliphatic carbocycles. The van der Waals surface area contributed by atoms with Gasteiger partial charge in [-0.2, -0.15) is 0 Å². The summed E-state index contributed by atoms with van der Waals surface area (Å²) in [5.74, 6) is 0. The lowest BCUT2D eigenvalue weighted by Gasteiger charge is -2.00. The van der Waals surface area contributed by atoms with E-state index in [4.69, 9.17) is 0 Å². The van der Waals surface area contributed by atoms with Gasteiger partial charge in [0.2, 0.25) is 0 Å². The zero-order valence-electron chi connectivity index (χ0n) is 23.3. The Bertz CT molecular complexity index is 1730. The molecule has 0 unspecified atom stereocenters. The van der Waals surface area contributed by atoms with Gasteiger partial charge in [0.25, 0.3) is 0 Å². The van der Waals surface area contributed by atoms with Crippen LogP contribution >= 0.6 is 0 Å². The van der Waals surface area contributed by atoms with Crippen LogP contribution in [-0.4, -0.2) is 0 Å². The number of fused-ring (bicyclic) bond motifs is 6. The zero-order valence-corrected chi connectivity index (χ0v) is 23.3. The molecule has 0 aliphatic rings. The molecule has 198 valence electrons. The van der Waals surface area contributed by atoms with Crippen LogP contribution in [-0.2, 0) is 0 Å². The zero-order chi connectivity index (χ0) is 28.1. The largest absolute Gasteiger partial charge is 0.0616 e. The maximum absolute atomic E-state index is 2.24. The number of benzene rings is 9. The summed E-state index contributed by atoms with van der Waals surface area (Å²) in [7, 11) is 0. The standard InChI is InChI=1S/3C14H10/c3*1-2-6-12-10-14-8-4-3-7-13(14)9-11(12)5-1/h3*1-10H. The predicted molar refractivity (Wildman–Crippen MR) is 184 cm³/mol. The molecular formula is C42H30. The van der Waals surface area contributed by atoms with Gasteiger partial charge in [-0.15, -0.1) is 0 Å². The van der Waals surface area contributed by atoms with Crippen molar-refractivity contribution in [2.45, 2.75) is 0 Å². The average Bonchev–Trinajstić information content (AvgIpc) is 3.06. The van der Waals surface area contributed by atoms with Crippen LogP contribution in [0.5, 0.6) is 0 Å². The van der Waals surface area contributed by atoms with Crippen molar-refractivity contribution in [2.24, 2.45) is 0 Å². The molecule has 0 amide bonds. The summed E-state index contributed by atoms with van der Waals surface area (Å²) >= 11 is 0. The van der Waals surface area contributed by atoms with Gasteiger partial charge in [-0.3, -0.25) is 0 Å². The highest BCUT2D eigenvalue weighted by molar-refractivity contribution is 6.00. The van der Waals surface area contributed by atoms with Crippen LogP contribution < -0.4 is 0 Å². The van der Waals surface area contributed by atoms with Gasteiger partial charge in [0.05, 0.1) is 0 Å². The highest BCUT2D eigenvalue weighted by Crippen LogP contribution is 2.24. The molecule has 0 bridgehead atoms. The predicted octanol–water partition coefficient (Wildman–Crippen LogP) is 12.0. The number of hydrogen-bond donors (Lipinski definition) is 0. The maximum Gasteiger partial charge on any atom is -0.0178 e. The SMILES string of the molecule is c1ccc2cc3ccccc3cc2c1.c1ccc2cc3ccccc3cc2c1.c1ccc2cc3ccccc3cc2c1. The summed E-state index contributed by atoms with van der Waals surface area (Å²) in [6, 6.07) is 64.3. The van der Waals surface area contributed by atoms with E-state index in [1.165, 1.54) is 64.6 Å². The van der Waals surface area contributed by atoms with Crippen molar-refractivity contribution in [1.29, 1.82) is 0 Å². The first kappa shape index (κ1) is 25.5. The summed E-state index contributed by atoms with van der Waals surface area (Å²) in [5, 5.41) is 15.7. The molecule has 0 radical (unpaired) electrons. The van der Waals surface area contributed by atoms with Crippen LogP contribution in [0.25, 0.3) is 64.6 Å². The second-order valence-electron chi connectivity index (χ2n) is 10.6. The minimum atomic E-state index is 1.31. The molecule has 0 aliphatic heterocycles. The molecule has 42 heavy (non-hydrogen) atoms. The average molecular weight is 535 g/mol. The van der Waals surface area contributed by atoms with E-state index in [0.717, 1.165) is 0 Å². The molecule has 0 spiro atoms. The van der Waals surface area contributed by atoms with Gasteiger partial charge in [-0.25, -0.2) is 0 Å². The fourth-order valence-corrected chi connectivity index (χ4v) is 5.65. The highest BCUT2D eigenvalue weighted by Gasteiger charge is 1.97. The summed E-state index contributed by atoms with van der Waals surface area (Å²) in [6.45, 7) is 0. The van der Waals surface area contributed by atoms with Crippen molar-refractivity contribution < 1.29 is 0 Å². The van der Waals surface area contributed by atoms with E-state index in [-0.39, 0.29) is 0 Å². The molecule has 0 aromatic heterocycles. The van der Waals surface area contributed by atoms with Crippen LogP contribution in [0.1, 0.15) is 0 Å². The molecular weight excluding hydrogens is 504 g/mol. The normalized spacial score (nSPS) is 10.9. The van der Waals surface area contributed by atoms with E-state index in [1.54, 1.807) is 0 Å². The van der Waals surface area contributed by atoms with Crippen molar-refractivity contribution in [3.8, 4) is 0 Å². The Hall–Kier alpha value is -5.46. The second-order valence-corrected chi connectivity index (χ2v) is 10.6. The van der Waals surface area contributed by atoms with Gasteiger partial charge in [0.1, 0.15) is 0 Å². The molecule has 0 saturated carbocycles. The van der Waals surface area contributed by atoms with Crippen LogP contribution in [0.4, 0.5) is 0 Å². The van der Waals surface area contributed by atoms with Gasteiger partial charge in [-0.05, 0) is 101 Å². The summed E-state index contributed by atoms with van der Waals surface area (Å²) in [4.78, 5) is 0. The molecule has 0 heterocycles. The van der Waals surface area contributed by atoms with Gasteiger partial charge in [0.15, 0.2) is 0 Å². The first-order valence-electron chi connectivity index (χ1n) is 14.4. The van der Waals surface area contributed by atoms with Crippen LogP contribution in [0.3, 0.4) is 0 Å². The quantitative estimate of drug-likeness (QED) is 0.170. The molecule has 9 aromatic carbocycles. The van der Waals surface area contributed by atoms with Gasteiger partial charge >= 0.3 is 0 Å². The fourth-order valence-electron chi connectivity index (χ4n) is 5.65. The van der Waals surface area contributed by atoms with Crippen LogP contribution in [0.2, 0.25) is 0 Å². The summed E-state index contributed by atoms with van der Waals surface area (Å²) in [6.07, 6.45) is 0. The fraction of sp³-hybridized carbons (Fsp3) is 0. The molecule has 0 heteroatoms. The lowest BCUT2D eigenvalue weighted by molar-refractivity contribution is 1.76. The Morgan fingerprint density at radius 1 is 0.143 bits per heavy atom. The highest BCUT2D eigenvalue weighted by atomic mass is 14.0. The Morgan fingerprint density at radius 3 is 0.333 bits per heavy atom. The Morgan fingerprint density at radius 2 is 0.238 bits per heavy atom. The molecule has 0 fully saturated rings. The Labute approximate surface area is 246 Å². The molecule has 0 N–H and O–H groups in total. The summed E-state index contributed by atoms with van der Waals surface area (Å²) in [5.41, 5.74) is 0. The third-order valence-corrected chi connectivity index (χ3v) is 7.84. The van der Waals surface area contributed by atoms with E-state index in [2.05, 4.69) is 182 Å². The van der Waals surface area contributed by atoms with Gasteiger partial charge < -0.3 is 0 Å². The minimum absolute atomic E-state index is 1.31. The number of rotatable bonds is 0.